The number of nitrogens with one attached hydrogen (secondary N) is 1. The molecule has 0 saturated heterocycles. The van der Waals surface area contributed by atoms with Gasteiger partial charge in [0.15, 0.2) is 0 Å². The highest BCUT2D eigenvalue weighted by atomic mass is 35.5. The van der Waals surface area contributed by atoms with Gasteiger partial charge in [0.1, 0.15) is 0 Å². The van der Waals surface area contributed by atoms with Gasteiger partial charge in [0.05, 0.1) is 28.6 Å². The van der Waals surface area contributed by atoms with Crippen molar-refractivity contribution in [1.29, 1.82) is 0 Å². The molecule has 2 heterocycles. The van der Waals surface area contributed by atoms with Crippen molar-refractivity contribution < 1.29 is 0 Å². The Balaban J connectivity index is 2.50. The highest BCUT2D eigenvalue weighted by Gasteiger charge is 2.23. The Labute approximate surface area is 131 Å². The Morgan fingerprint density at radius 1 is 1.29 bits per heavy atom. The number of pyridine rings is 1. The normalized spacial score (nSPS) is 12.6. The Morgan fingerprint density at radius 3 is 2.67 bits per heavy atom. The summed E-state index contributed by atoms with van der Waals surface area (Å²) in [7, 11) is 0. The van der Waals surface area contributed by atoms with Gasteiger partial charge < -0.3 is 5.32 Å². The van der Waals surface area contributed by atoms with E-state index in [1.54, 1.807) is 6.20 Å². The zero-order valence-corrected chi connectivity index (χ0v) is 13.9. The van der Waals surface area contributed by atoms with Gasteiger partial charge in [-0.1, -0.05) is 31.5 Å². The van der Waals surface area contributed by atoms with E-state index in [4.69, 9.17) is 11.6 Å². The summed E-state index contributed by atoms with van der Waals surface area (Å²) in [5.41, 5.74) is 4.35. The highest BCUT2D eigenvalue weighted by Crippen LogP contribution is 2.29. The van der Waals surface area contributed by atoms with Gasteiger partial charge in [0.2, 0.25) is 0 Å². The summed E-state index contributed by atoms with van der Waals surface area (Å²) in [5.74, 6) is 0. The highest BCUT2D eigenvalue weighted by molar-refractivity contribution is 6.31. The lowest BCUT2D eigenvalue weighted by Crippen LogP contribution is -2.27. The average Bonchev–Trinajstić information content (AvgIpc) is 2.79. The van der Waals surface area contributed by atoms with Crippen LogP contribution in [0.3, 0.4) is 0 Å². The van der Waals surface area contributed by atoms with Crippen molar-refractivity contribution >= 4 is 11.6 Å². The van der Waals surface area contributed by atoms with Gasteiger partial charge in [0, 0.05) is 12.7 Å². The number of hydrogen-bond donors (Lipinski definition) is 1. The largest absolute Gasteiger partial charge is 0.304 e. The van der Waals surface area contributed by atoms with Crippen LogP contribution in [0.25, 0.3) is 0 Å². The summed E-state index contributed by atoms with van der Waals surface area (Å²) in [5, 5.41) is 8.58. The summed E-state index contributed by atoms with van der Waals surface area (Å²) < 4.78 is 1.98. The lowest BCUT2D eigenvalue weighted by atomic mass is 10.0. The summed E-state index contributed by atoms with van der Waals surface area (Å²) in [4.78, 5) is 4.63. The minimum Gasteiger partial charge on any atom is -0.304 e. The van der Waals surface area contributed by atoms with Crippen LogP contribution in [0.5, 0.6) is 0 Å². The second kappa shape index (κ2) is 7.05. The Hall–Kier alpha value is -1.39. The third kappa shape index (κ3) is 3.44. The maximum atomic E-state index is 6.39. The van der Waals surface area contributed by atoms with Gasteiger partial charge in [-0.05, 0) is 37.9 Å². The van der Waals surface area contributed by atoms with E-state index >= 15 is 0 Å². The predicted octanol–water partition coefficient (Wildman–Crippen LogP) is 3.66. The summed E-state index contributed by atoms with van der Waals surface area (Å²) in [6, 6.07) is 2.12. The number of hydrogen-bond acceptors (Lipinski definition) is 3. The first-order valence-electron chi connectivity index (χ1n) is 7.46. The maximum absolute atomic E-state index is 6.39. The molecule has 0 aromatic carbocycles. The van der Waals surface area contributed by atoms with E-state index < -0.39 is 0 Å². The van der Waals surface area contributed by atoms with Crippen LogP contribution in [0.1, 0.15) is 48.8 Å². The van der Waals surface area contributed by atoms with Crippen molar-refractivity contribution in [3.8, 4) is 0 Å². The van der Waals surface area contributed by atoms with Crippen LogP contribution >= 0.6 is 11.6 Å². The smallest absolute Gasteiger partial charge is 0.0939 e. The number of nitrogens with zero attached hydrogens (tertiary/aromatic N) is 3. The van der Waals surface area contributed by atoms with E-state index in [9.17, 15) is 0 Å². The van der Waals surface area contributed by atoms with Crippen molar-refractivity contribution in [3.05, 3.63) is 46.0 Å². The third-order valence-electron chi connectivity index (χ3n) is 3.48. The van der Waals surface area contributed by atoms with Crippen molar-refractivity contribution in [1.82, 2.24) is 20.1 Å². The van der Waals surface area contributed by atoms with E-state index in [0.717, 1.165) is 30.9 Å². The molecule has 0 bridgehead atoms. The van der Waals surface area contributed by atoms with Crippen LogP contribution in [-0.2, 0) is 6.54 Å². The van der Waals surface area contributed by atoms with Gasteiger partial charge in [-0.15, -0.1) is 0 Å². The number of aromatic nitrogens is 3. The first-order valence-corrected chi connectivity index (χ1v) is 7.84. The van der Waals surface area contributed by atoms with Crippen LogP contribution in [-0.4, -0.2) is 21.3 Å². The van der Waals surface area contributed by atoms with Crippen LogP contribution in [0, 0.1) is 13.8 Å². The molecule has 1 N–H and O–H groups in total. The van der Waals surface area contributed by atoms with Crippen molar-refractivity contribution in [3.63, 3.8) is 0 Å². The Bertz CT molecular complexity index is 606. The zero-order valence-electron chi connectivity index (χ0n) is 13.2. The van der Waals surface area contributed by atoms with Gasteiger partial charge in [-0.3, -0.25) is 9.67 Å². The average molecular weight is 307 g/mol. The van der Waals surface area contributed by atoms with Gasteiger partial charge in [-0.25, -0.2) is 0 Å². The van der Waals surface area contributed by atoms with E-state index in [0.29, 0.717) is 5.02 Å². The number of rotatable bonds is 6. The zero-order chi connectivity index (χ0) is 15.4. The van der Waals surface area contributed by atoms with Crippen LogP contribution in [0.2, 0.25) is 5.02 Å². The Kier molecular flexibility index (Phi) is 5.37. The number of aryl methyl sites for hydroxylation is 3. The van der Waals surface area contributed by atoms with E-state index in [2.05, 4.69) is 49.2 Å². The minimum absolute atomic E-state index is 0.0304. The molecule has 0 aliphatic rings. The molecule has 2 aromatic rings. The molecule has 0 fully saturated rings. The molecule has 0 radical (unpaired) electrons. The molecule has 2 rings (SSSR count). The van der Waals surface area contributed by atoms with Gasteiger partial charge in [0.25, 0.3) is 0 Å². The predicted molar refractivity (Wildman–Crippen MR) is 86.8 cm³/mol. The lowest BCUT2D eigenvalue weighted by Gasteiger charge is -2.21. The molecule has 0 saturated carbocycles. The Morgan fingerprint density at radius 2 is 2.05 bits per heavy atom. The van der Waals surface area contributed by atoms with E-state index in [1.807, 2.05) is 10.9 Å². The monoisotopic (exact) mass is 306 g/mol. The molecular formula is C16H23ClN4. The van der Waals surface area contributed by atoms with Crippen LogP contribution in [0.15, 0.2) is 18.5 Å². The maximum Gasteiger partial charge on any atom is 0.0939 e. The topological polar surface area (TPSA) is 42.7 Å². The van der Waals surface area contributed by atoms with E-state index in [1.165, 1.54) is 11.1 Å². The molecule has 0 spiro atoms. The molecule has 2 aromatic heterocycles. The molecule has 0 aliphatic carbocycles. The summed E-state index contributed by atoms with van der Waals surface area (Å²) in [6.45, 7) is 10.1. The summed E-state index contributed by atoms with van der Waals surface area (Å²) in [6.07, 6.45) is 4.64. The molecule has 5 heteroatoms. The first-order chi connectivity index (χ1) is 10.1. The molecule has 4 nitrogen and oxygen atoms in total. The lowest BCUT2D eigenvalue weighted by molar-refractivity contribution is 0.513. The fourth-order valence-corrected chi connectivity index (χ4v) is 2.85. The van der Waals surface area contributed by atoms with Crippen LogP contribution < -0.4 is 5.32 Å². The molecule has 21 heavy (non-hydrogen) atoms. The standard InChI is InChI=1S/C16H23ClN4/c1-5-7-21-16(13(17)10-20-21)15(18-6-2)14-12(4)8-11(3)9-19-14/h8-10,15,18H,5-7H2,1-4H3. The molecule has 0 amide bonds. The fraction of sp³-hybridized carbons (Fsp3) is 0.500. The SMILES string of the molecule is CCCn1ncc(Cl)c1C(NCC)c1ncc(C)cc1C. The molecule has 114 valence electrons. The third-order valence-corrected chi connectivity index (χ3v) is 3.77. The first kappa shape index (κ1) is 16.0. The van der Waals surface area contributed by atoms with Gasteiger partial charge >= 0.3 is 0 Å². The second-order valence-corrected chi connectivity index (χ2v) is 5.71. The van der Waals surface area contributed by atoms with Crippen molar-refractivity contribution in [2.24, 2.45) is 0 Å². The van der Waals surface area contributed by atoms with Crippen LogP contribution in [0.4, 0.5) is 0 Å². The summed E-state index contributed by atoms with van der Waals surface area (Å²) >= 11 is 6.39. The molecule has 1 atom stereocenters. The quantitative estimate of drug-likeness (QED) is 0.885. The number of halogens is 1. The van der Waals surface area contributed by atoms with E-state index in [-0.39, 0.29) is 6.04 Å². The van der Waals surface area contributed by atoms with Gasteiger partial charge in [-0.2, -0.15) is 5.10 Å². The molecule has 0 aliphatic heterocycles. The fourth-order valence-electron chi connectivity index (χ4n) is 2.60. The second-order valence-electron chi connectivity index (χ2n) is 5.31. The van der Waals surface area contributed by atoms with Crippen molar-refractivity contribution in [2.45, 2.75) is 46.7 Å². The van der Waals surface area contributed by atoms with Crippen molar-refractivity contribution in [2.75, 3.05) is 6.54 Å². The minimum atomic E-state index is -0.0304. The molecular weight excluding hydrogens is 284 g/mol. The molecule has 1 unspecified atom stereocenters.